The Kier molecular flexibility index (Phi) is 2.08. The van der Waals surface area contributed by atoms with Crippen LogP contribution in [0.5, 0.6) is 0 Å². The zero-order valence-corrected chi connectivity index (χ0v) is 9.20. The molecule has 0 spiro atoms. The quantitative estimate of drug-likeness (QED) is 0.730. The second-order valence-corrected chi connectivity index (χ2v) is 4.59. The molecule has 80 valence electrons. The molecule has 0 amide bonds. The van der Waals surface area contributed by atoms with E-state index in [0.717, 1.165) is 13.1 Å². The number of rotatable bonds is 2. The van der Waals surface area contributed by atoms with Crippen molar-refractivity contribution in [2.24, 2.45) is 0 Å². The number of nitrogens with zero attached hydrogens (tertiary/aromatic N) is 1. The number of methoxy groups -OCH3 is 1. The van der Waals surface area contributed by atoms with Crippen molar-refractivity contribution in [3.63, 3.8) is 0 Å². The smallest absolute Gasteiger partial charge is 0.121 e. The Morgan fingerprint density at radius 1 is 1.20 bits per heavy atom. The van der Waals surface area contributed by atoms with Crippen LogP contribution < -0.4 is 0 Å². The lowest BCUT2D eigenvalue weighted by atomic mass is 9.99. The third-order valence-corrected chi connectivity index (χ3v) is 3.76. The van der Waals surface area contributed by atoms with E-state index in [1.165, 1.54) is 30.4 Å². The molecule has 0 unspecified atom stereocenters. The molecule has 0 aromatic heterocycles. The summed E-state index contributed by atoms with van der Waals surface area (Å²) in [4.78, 5) is 2.50. The van der Waals surface area contributed by atoms with Gasteiger partial charge in [0.25, 0.3) is 0 Å². The molecule has 3 rings (SSSR count). The Morgan fingerprint density at radius 3 is 2.60 bits per heavy atom. The van der Waals surface area contributed by atoms with Gasteiger partial charge in [-0.3, -0.25) is 4.90 Å². The minimum atomic E-state index is 0.0908. The molecule has 0 saturated heterocycles. The van der Waals surface area contributed by atoms with Gasteiger partial charge in [-0.2, -0.15) is 0 Å². The summed E-state index contributed by atoms with van der Waals surface area (Å²) in [6.45, 7) is 2.20. The topological polar surface area (TPSA) is 12.5 Å². The molecule has 1 aromatic carbocycles. The number of hydrogen-bond donors (Lipinski definition) is 0. The standard InChI is InChI=1S/C13H17NO/c1-15-13(7-8-13)14-9-6-11-4-2-3-5-12(11)10-14/h2-5H,6-10H2,1H3. The van der Waals surface area contributed by atoms with E-state index in [9.17, 15) is 0 Å². The number of benzene rings is 1. The molecule has 1 aliphatic heterocycles. The Balaban J connectivity index is 1.83. The first-order valence-corrected chi connectivity index (χ1v) is 5.71. The maximum atomic E-state index is 5.63. The van der Waals surface area contributed by atoms with E-state index < -0.39 is 0 Å². The van der Waals surface area contributed by atoms with E-state index in [-0.39, 0.29) is 5.72 Å². The van der Waals surface area contributed by atoms with Gasteiger partial charge in [0.1, 0.15) is 5.72 Å². The summed E-state index contributed by atoms with van der Waals surface area (Å²) in [6.07, 6.45) is 3.57. The van der Waals surface area contributed by atoms with Crippen LogP contribution >= 0.6 is 0 Å². The van der Waals surface area contributed by atoms with E-state index in [1.54, 1.807) is 0 Å². The molecule has 1 aromatic rings. The lowest BCUT2D eigenvalue weighted by Crippen LogP contribution is -2.42. The van der Waals surface area contributed by atoms with Crippen LogP contribution in [0, 0.1) is 0 Å². The fraction of sp³-hybridized carbons (Fsp3) is 0.538. The van der Waals surface area contributed by atoms with Crippen molar-refractivity contribution in [3.05, 3.63) is 35.4 Å². The Labute approximate surface area is 90.8 Å². The van der Waals surface area contributed by atoms with Gasteiger partial charge in [-0.1, -0.05) is 24.3 Å². The maximum Gasteiger partial charge on any atom is 0.121 e. The molecule has 0 N–H and O–H groups in total. The molecule has 1 fully saturated rings. The maximum absolute atomic E-state index is 5.63. The van der Waals surface area contributed by atoms with Crippen molar-refractivity contribution in [1.82, 2.24) is 4.90 Å². The highest BCUT2D eigenvalue weighted by Gasteiger charge is 2.49. The van der Waals surface area contributed by atoms with Crippen molar-refractivity contribution in [3.8, 4) is 0 Å². The molecule has 1 saturated carbocycles. The molecule has 2 aliphatic rings. The van der Waals surface area contributed by atoms with Crippen LogP contribution in [0.1, 0.15) is 24.0 Å². The van der Waals surface area contributed by atoms with Crippen LogP contribution in [0.2, 0.25) is 0 Å². The summed E-state index contributed by atoms with van der Waals surface area (Å²) in [5, 5.41) is 0. The molecule has 0 radical (unpaired) electrons. The van der Waals surface area contributed by atoms with Gasteiger partial charge in [-0.05, 0) is 30.4 Å². The van der Waals surface area contributed by atoms with Crippen LogP contribution in [0.4, 0.5) is 0 Å². The summed E-state index contributed by atoms with van der Waals surface area (Å²) in [5.41, 5.74) is 3.08. The number of hydrogen-bond acceptors (Lipinski definition) is 2. The third kappa shape index (κ3) is 1.48. The molecule has 1 heterocycles. The zero-order chi connectivity index (χ0) is 10.3. The summed E-state index contributed by atoms with van der Waals surface area (Å²) in [6, 6.07) is 8.76. The number of ether oxygens (including phenoxy) is 1. The van der Waals surface area contributed by atoms with Crippen LogP contribution in [-0.4, -0.2) is 24.3 Å². The van der Waals surface area contributed by atoms with E-state index in [1.807, 2.05) is 7.11 Å². The van der Waals surface area contributed by atoms with E-state index in [4.69, 9.17) is 4.74 Å². The van der Waals surface area contributed by atoms with Gasteiger partial charge >= 0.3 is 0 Å². The molecular formula is C13H17NO. The molecule has 0 atom stereocenters. The van der Waals surface area contributed by atoms with E-state index in [2.05, 4.69) is 29.2 Å². The monoisotopic (exact) mass is 203 g/mol. The third-order valence-electron chi connectivity index (χ3n) is 3.76. The number of fused-ring (bicyclic) bond motifs is 1. The predicted octanol–water partition coefficient (Wildman–Crippen LogP) is 2.18. The molecule has 1 aliphatic carbocycles. The second kappa shape index (κ2) is 3.32. The zero-order valence-electron chi connectivity index (χ0n) is 9.20. The molecule has 2 heteroatoms. The fourth-order valence-corrected chi connectivity index (χ4v) is 2.60. The van der Waals surface area contributed by atoms with Gasteiger partial charge in [-0.25, -0.2) is 0 Å². The van der Waals surface area contributed by atoms with Crippen molar-refractivity contribution in [1.29, 1.82) is 0 Å². The van der Waals surface area contributed by atoms with Gasteiger partial charge in [0.05, 0.1) is 0 Å². The highest BCUT2D eigenvalue weighted by atomic mass is 16.5. The Hall–Kier alpha value is -0.860. The highest BCUT2D eigenvalue weighted by Crippen LogP contribution is 2.44. The van der Waals surface area contributed by atoms with Crippen LogP contribution in [-0.2, 0) is 17.7 Å². The normalized spacial score (nSPS) is 23.5. The van der Waals surface area contributed by atoms with Gasteiger partial charge in [-0.15, -0.1) is 0 Å². The average molecular weight is 203 g/mol. The van der Waals surface area contributed by atoms with Crippen molar-refractivity contribution < 1.29 is 4.74 Å². The van der Waals surface area contributed by atoms with Gasteiger partial charge in [0, 0.05) is 20.2 Å². The first kappa shape index (κ1) is 9.37. The minimum absolute atomic E-state index is 0.0908. The molecule has 0 bridgehead atoms. The second-order valence-electron chi connectivity index (χ2n) is 4.59. The van der Waals surface area contributed by atoms with Gasteiger partial charge in [0.2, 0.25) is 0 Å². The van der Waals surface area contributed by atoms with Crippen molar-refractivity contribution in [2.45, 2.75) is 31.5 Å². The summed E-state index contributed by atoms with van der Waals surface area (Å²) < 4.78 is 5.63. The first-order chi connectivity index (χ1) is 7.34. The summed E-state index contributed by atoms with van der Waals surface area (Å²) >= 11 is 0. The van der Waals surface area contributed by atoms with Gasteiger partial charge in [0.15, 0.2) is 0 Å². The van der Waals surface area contributed by atoms with Crippen LogP contribution in [0.25, 0.3) is 0 Å². The lowest BCUT2D eigenvalue weighted by Gasteiger charge is -2.35. The molecule has 2 nitrogen and oxygen atoms in total. The fourth-order valence-electron chi connectivity index (χ4n) is 2.60. The Morgan fingerprint density at radius 2 is 1.93 bits per heavy atom. The largest absolute Gasteiger partial charge is 0.364 e. The average Bonchev–Trinajstić information content (AvgIpc) is 3.09. The minimum Gasteiger partial charge on any atom is -0.364 e. The van der Waals surface area contributed by atoms with Crippen LogP contribution in [0.3, 0.4) is 0 Å². The summed E-state index contributed by atoms with van der Waals surface area (Å²) in [5.74, 6) is 0. The van der Waals surface area contributed by atoms with E-state index >= 15 is 0 Å². The molecule has 15 heavy (non-hydrogen) atoms. The SMILES string of the molecule is COC1(N2CCc3ccccc3C2)CC1. The van der Waals surface area contributed by atoms with Crippen LogP contribution in [0.15, 0.2) is 24.3 Å². The molecular weight excluding hydrogens is 186 g/mol. The van der Waals surface area contributed by atoms with Crippen molar-refractivity contribution >= 4 is 0 Å². The Bertz CT molecular complexity index is 371. The van der Waals surface area contributed by atoms with Crippen molar-refractivity contribution in [2.75, 3.05) is 13.7 Å². The first-order valence-electron chi connectivity index (χ1n) is 5.71. The van der Waals surface area contributed by atoms with Gasteiger partial charge < -0.3 is 4.74 Å². The summed E-state index contributed by atoms with van der Waals surface area (Å²) in [7, 11) is 1.84. The van der Waals surface area contributed by atoms with E-state index in [0.29, 0.717) is 0 Å². The predicted molar refractivity (Wildman–Crippen MR) is 59.5 cm³/mol. The highest BCUT2D eigenvalue weighted by molar-refractivity contribution is 5.29. The lowest BCUT2D eigenvalue weighted by molar-refractivity contribution is -0.0641.